The van der Waals surface area contributed by atoms with Crippen LogP contribution >= 0.6 is 11.6 Å². The summed E-state index contributed by atoms with van der Waals surface area (Å²) >= 11 is 6.30. The van der Waals surface area contributed by atoms with E-state index in [1.54, 1.807) is 0 Å². The molecule has 3 aliphatic rings. The maximum absolute atomic E-state index is 13.4. The van der Waals surface area contributed by atoms with E-state index in [1.807, 2.05) is 43.0 Å². The number of piperazine rings is 1. The van der Waals surface area contributed by atoms with Gasteiger partial charge in [0.2, 0.25) is 5.91 Å². The molecular weight excluding hydrogens is 376 g/mol. The van der Waals surface area contributed by atoms with E-state index in [9.17, 15) is 14.7 Å². The molecule has 0 radical (unpaired) electrons. The maximum Gasteiger partial charge on any atom is 0.227 e. The SMILES string of the molecule is CC(C)=C1[C@H]2CC[C@H]1[C@@H](C(=O)N1CCN(c3ccccc3Cl)CC1)[C@H]2C(=O)[O-]. The molecule has 6 heteroatoms. The van der Waals surface area contributed by atoms with Crippen LogP contribution in [0.25, 0.3) is 0 Å². The van der Waals surface area contributed by atoms with Gasteiger partial charge in [0.05, 0.1) is 16.6 Å². The van der Waals surface area contributed by atoms with E-state index in [-0.39, 0.29) is 17.7 Å². The lowest BCUT2D eigenvalue weighted by molar-refractivity contribution is -0.314. The number of hydrogen-bond donors (Lipinski definition) is 0. The van der Waals surface area contributed by atoms with Gasteiger partial charge in [-0.2, -0.15) is 0 Å². The van der Waals surface area contributed by atoms with Gasteiger partial charge in [0.1, 0.15) is 0 Å². The van der Waals surface area contributed by atoms with E-state index < -0.39 is 17.8 Å². The van der Waals surface area contributed by atoms with E-state index in [1.165, 1.54) is 5.57 Å². The number of nitrogens with zero attached hydrogens (tertiary/aromatic N) is 2. The third-order valence-electron chi connectivity index (χ3n) is 6.76. The number of benzene rings is 1. The first kappa shape index (κ1) is 19.3. The Morgan fingerprint density at radius 3 is 2.18 bits per heavy atom. The largest absolute Gasteiger partial charge is 0.550 e. The number of carbonyl (C=O) groups is 2. The Bertz CT molecular complexity index is 825. The van der Waals surface area contributed by atoms with E-state index in [2.05, 4.69) is 4.90 Å². The molecule has 4 rings (SSSR count). The molecule has 1 saturated heterocycles. The van der Waals surface area contributed by atoms with Crippen molar-refractivity contribution in [2.75, 3.05) is 31.1 Å². The van der Waals surface area contributed by atoms with Crippen LogP contribution in [0.15, 0.2) is 35.4 Å². The lowest BCUT2D eigenvalue weighted by Crippen LogP contribution is -2.53. The Kier molecular flexibility index (Phi) is 5.13. The van der Waals surface area contributed by atoms with Crippen molar-refractivity contribution >= 4 is 29.2 Å². The molecule has 1 aromatic carbocycles. The standard InChI is InChI=1S/C22H27ClN2O3/c1-13(2)18-14-7-8-15(18)20(22(27)28)19(14)21(26)25-11-9-24(10-12-25)17-6-4-3-5-16(17)23/h3-6,14-15,19-20H,7-12H2,1-2H3,(H,27,28)/p-1/t14-,15-,19-,20+/m1/s1. The first-order valence-corrected chi connectivity index (χ1v) is 10.4. The van der Waals surface area contributed by atoms with Gasteiger partial charge in [-0.1, -0.05) is 34.9 Å². The second kappa shape index (κ2) is 7.43. The third kappa shape index (κ3) is 3.10. The predicted molar refractivity (Wildman–Crippen MR) is 107 cm³/mol. The molecule has 0 unspecified atom stereocenters. The molecule has 1 aromatic rings. The second-order valence-corrected chi connectivity index (χ2v) is 8.79. The Morgan fingerprint density at radius 2 is 1.61 bits per heavy atom. The van der Waals surface area contributed by atoms with Crippen molar-refractivity contribution in [2.45, 2.75) is 26.7 Å². The number of amides is 1. The van der Waals surface area contributed by atoms with Crippen molar-refractivity contribution in [3.63, 3.8) is 0 Å². The molecule has 0 spiro atoms. The molecule has 3 fully saturated rings. The molecular formula is C22H26ClN2O3-. The number of anilines is 1. The Labute approximate surface area is 171 Å². The number of carbonyl (C=O) groups excluding carboxylic acids is 2. The van der Waals surface area contributed by atoms with Gasteiger partial charge in [-0.25, -0.2) is 0 Å². The molecule has 1 amide bonds. The summed E-state index contributed by atoms with van der Waals surface area (Å²) in [5.41, 5.74) is 3.34. The molecule has 28 heavy (non-hydrogen) atoms. The number of halogens is 1. The van der Waals surface area contributed by atoms with Crippen LogP contribution in [0.2, 0.25) is 5.02 Å². The average Bonchev–Trinajstić information content (AvgIpc) is 3.24. The van der Waals surface area contributed by atoms with Crippen molar-refractivity contribution in [1.29, 1.82) is 0 Å². The monoisotopic (exact) mass is 401 g/mol. The van der Waals surface area contributed by atoms with Crippen molar-refractivity contribution in [3.05, 3.63) is 40.4 Å². The van der Waals surface area contributed by atoms with Crippen LogP contribution in [0.1, 0.15) is 26.7 Å². The van der Waals surface area contributed by atoms with Gasteiger partial charge in [0.25, 0.3) is 0 Å². The summed E-state index contributed by atoms with van der Waals surface area (Å²) in [5.74, 6) is -2.21. The average molecular weight is 402 g/mol. The number of fused-ring (bicyclic) bond motifs is 2. The quantitative estimate of drug-likeness (QED) is 0.729. The molecule has 0 N–H and O–H groups in total. The van der Waals surface area contributed by atoms with Crippen molar-refractivity contribution in [3.8, 4) is 0 Å². The summed E-state index contributed by atoms with van der Waals surface area (Å²) in [5, 5.41) is 12.6. The third-order valence-corrected chi connectivity index (χ3v) is 7.08. The number of aliphatic carboxylic acids is 1. The number of rotatable bonds is 3. The minimum absolute atomic E-state index is 0.0149. The zero-order chi connectivity index (χ0) is 20.0. The minimum Gasteiger partial charge on any atom is -0.550 e. The number of hydrogen-bond acceptors (Lipinski definition) is 4. The van der Waals surface area contributed by atoms with Gasteiger partial charge in [0.15, 0.2) is 0 Å². The molecule has 4 atom stereocenters. The van der Waals surface area contributed by atoms with Crippen LogP contribution in [0, 0.1) is 23.7 Å². The van der Waals surface area contributed by atoms with Gasteiger partial charge in [0, 0.05) is 38.1 Å². The zero-order valence-corrected chi connectivity index (χ0v) is 17.1. The van der Waals surface area contributed by atoms with Gasteiger partial charge < -0.3 is 19.7 Å². The number of carboxylic acid groups (broad SMARTS) is 1. The highest BCUT2D eigenvalue weighted by molar-refractivity contribution is 6.33. The number of allylic oxidation sites excluding steroid dienone is 2. The Hall–Kier alpha value is -2.01. The molecule has 5 nitrogen and oxygen atoms in total. The summed E-state index contributed by atoms with van der Waals surface area (Å²) in [4.78, 5) is 29.3. The van der Waals surface area contributed by atoms with Gasteiger partial charge >= 0.3 is 0 Å². The van der Waals surface area contributed by atoms with E-state index in [4.69, 9.17) is 11.6 Å². The second-order valence-electron chi connectivity index (χ2n) is 8.38. The molecule has 1 heterocycles. The summed E-state index contributed by atoms with van der Waals surface area (Å²) in [6.45, 7) is 6.62. The normalized spacial score (nSPS) is 29.3. The van der Waals surface area contributed by atoms with Crippen LogP contribution in [0.3, 0.4) is 0 Å². The molecule has 150 valence electrons. The van der Waals surface area contributed by atoms with E-state index >= 15 is 0 Å². The minimum atomic E-state index is -1.07. The topological polar surface area (TPSA) is 63.7 Å². The fraction of sp³-hybridized carbons (Fsp3) is 0.545. The van der Waals surface area contributed by atoms with Crippen LogP contribution in [0.4, 0.5) is 5.69 Å². The molecule has 2 bridgehead atoms. The highest BCUT2D eigenvalue weighted by Crippen LogP contribution is 2.57. The number of para-hydroxylation sites is 1. The maximum atomic E-state index is 13.4. The highest BCUT2D eigenvalue weighted by Gasteiger charge is 2.55. The van der Waals surface area contributed by atoms with Crippen molar-refractivity contribution in [1.82, 2.24) is 4.90 Å². The first-order chi connectivity index (χ1) is 13.4. The summed E-state index contributed by atoms with van der Waals surface area (Å²) < 4.78 is 0. The fourth-order valence-corrected chi connectivity index (χ4v) is 5.91. The fourth-order valence-electron chi connectivity index (χ4n) is 5.66. The Morgan fingerprint density at radius 1 is 1.00 bits per heavy atom. The van der Waals surface area contributed by atoms with Crippen LogP contribution in [-0.2, 0) is 9.59 Å². The van der Waals surface area contributed by atoms with Gasteiger partial charge in [-0.15, -0.1) is 0 Å². The lowest BCUT2D eigenvalue weighted by atomic mass is 9.78. The Balaban J connectivity index is 1.50. The summed E-state index contributed by atoms with van der Waals surface area (Å²) in [6.07, 6.45) is 1.76. The van der Waals surface area contributed by atoms with E-state index in [0.29, 0.717) is 31.2 Å². The number of carboxylic acids is 1. The van der Waals surface area contributed by atoms with Crippen LogP contribution < -0.4 is 10.0 Å². The summed E-state index contributed by atoms with van der Waals surface area (Å²) in [6, 6.07) is 7.72. The lowest BCUT2D eigenvalue weighted by Gasteiger charge is -2.40. The van der Waals surface area contributed by atoms with Crippen molar-refractivity contribution < 1.29 is 14.7 Å². The van der Waals surface area contributed by atoms with Crippen molar-refractivity contribution in [2.24, 2.45) is 23.7 Å². The van der Waals surface area contributed by atoms with Gasteiger partial charge in [-0.3, -0.25) is 4.79 Å². The van der Waals surface area contributed by atoms with Gasteiger partial charge in [-0.05, 0) is 50.7 Å². The molecule has 2 aliphatic carbocycles. The van der Waals surface area contributed by atoms with Crippen LogP contribution in [0.5, 0.6) is 0 Å². The molecule has 0 aromatic heterocycles. The highest BCUT2D eigenvalue weighted by atomic mass is 35.5. The smallest absolute Gasteiger partial charge is 0.227 e. The van der Waals surface area contributed by atoms with Crippen LogP contribution in [-0.4, -0.2) is 43.0 Å². The van der Waals surface area contributed by atoms with E-state index in [0.717, 1.165) is 24.1 Å². The summed E-state index contributed by atoms with van der Waals surface area (Å²) in [7, 11) is 0. The predicted octanol–water partition coefficient (Wildman–Crippen LogP) is 2.35. The zero-order valence-electron chi connectivity index (χ0n) is 16.4. The molecule has 2 saturated carbocycles. The molecule has 1 aliphatic heterocycles. The first-order valence-electron chi connectivity index (χ1n) is 10.1.